The molecule has 3 N–H and O–H groups in total. The van der Waals surface area contributed by atoms with Crippen LogP contribution in [0.5, 0.6) is 0 Å². The molecular weight excluding hydrogens is 356 g/mol. The Hall–Kier alpha value is -2.12. The van der Waals surface area contributed by atoms with Gasteiger partial charge in [0.2, 0.25) is 5.91 Å². The average molecular weight is 393 g/mol. The number of hydrogen-bond acceptors (Lipinski definition) is 4. The Morgan fingerprint density at radius 1 is 1.07 bits per heavy atom. The Balaban J connectivity index is 2.80. The Morgan fingerprint density at radius 3 is 2.32 bits per heavy atom. The van der Waals surface area contributed by atoms with E-state index in [0.29, 0.717) is 25.4 Å². The molecule has 0 unspecified atom stereocenters. The summed E-state index contributed by atoms with van der Waals surface area (Å²) < 4.78 is 0. The molecule has 0 aliphatic rings. The van der Waals surface area contributed by atoms with Crippen molar-refractivity contribution in [3.05, 3.63) is 35.9 Å². The van der Waals surface area contributed by atoms with Crippen LogP contribution in [0.25, 0.3) is 0 Å². The number of benzene rings is 1. The molecular formula is C21H36N4O3. The second-order valence-electron chi connectivity index (χ2n) is 7.68. The minimum atomic E-state index is -0.669. The summed E-state index contributed by atoms with van der Waals surface area (Å²) >= 11 is 0. The third kappa shape index (κ3) is 9.71. The lowest BCUT2D eigenvalue weighted by Gasteiger charge is -2.26. The highest BCUT2D eigenvalue weighted by Crippen LogP contribution is 2.06. The summed E-state index contributed by atoms with van der Waals surface area (Å²) in [4.78, 5) is 29.0. The number of carbonyl (C=O) groups excluding carboxylic acids is 2. The minimum Gasteiger partial charge on any atom is -0.395 e. The lowest BCUT2D eigenvalue weighted by atomic mass is 10.1. The fourth-order valence-corrected chi connectivity index (χ4v) is 2.67. The van der Waals surface area contributed by atoms with Gasteiger partial charge in [0, 0.05) is 32.6 Å². The number of likely N-dealkylation sites (N-methyl/N-ethyl adjacent to an activating group) is 1. The Bertz CT molecular complexity index is 578. The zero-order valence-corrected chi connectivity index (χ0v) is 17.6. The van der Waals surface area contributed by atoms with E-state index in [9.17, 15) is 14.7 Å². The highest BCUT2D eigenvalue weighted by atomic mass is 16.3. The first-order valence-corrected chi connectivity index (χ1v) is 9.96. The van der Waals surface area contributed by atoms with Gasteiger partial charge in [0.1, 0.15) is 6.04 Å². The number of hydrogen-bond donors (Lipinski definition) is 3. The molecule has 1 aromatic rings. The van der Waals surface area contributed by atoms with E-state index in [1.807, 2.05) is 49.3 Å². The van der Waals surface area contributed by atoms with Gasteiger partial charge in [-0.25, -0.2) is 4.79 Å². The van der Waals surface area contributed by atoms with Crippen LogP contribution in [0.4, 0.5) is 4.79 Å². The van der Waals surface area contributed by atoms with E-state index in [4.69, 9.17) is 0 Å². The predicted octanol–water partition coefficient (Wildman–Crippen LogP) is 1.33. The van der Waals surface area contributed by atoms with Gasteiger partial charge in [-0.05, 0) is 32.0 Å². The van der Waals surface area contributed by atoms with Crippen molar-refractivity contribution in [3.8, 4) is 0 Å². The monoisotopic (exact) mass is 392 g/mol. The molecule has 28 heavy (non-hydrogen) atoms. The minimum absolute atomic E-state index is 0.107. The molecule has 0 bridgehead atoms. The predicted molar refractivity (Wildman–Crippen MR) is 112 cm³/mol. The standard InChI is InChI=1S/C21H36N4O3/c1-17(2)10-12-25(14-15-26)21(28)23-19(16-18-8-6-5-7-9-18)20(27)22-11-13-24(3)4/h5-9,17,19,26H,10-16H2,1-4H3,(H,22,27)(H,23,28)/t19-/m0/s1. The molecule has 7 nitrogen and oxygen atoms in total. The van der Waals surface area contributed by atoms with Crippen LogP contribution in [-0.4, -0.2) is 79.8 Å². The van der Waals surface area contributed by atoms with Gasteiger partial charge in [0.15, 0.2) is 0 Å². The number of nitrogens with one attached hydrogen (secondary N) is 2. The van der Waals surface area contributed by atoms with Gasteiger partial charge in [-0.3, -0.25) is 4.79 Å². The lowest BCUT2D eigenvalue weighted by Crippen LogP contribution is -2.53. The van der Waals surface area contributed by atoms with Crippen molar-refractivity contribution in [1.29, 1.82) is 0 Å². The number of amides is 3. The van der Waals surface area contributed by atoms with E-state index in [0.717, 1.165) is 18.5 Å². The van der Waals surface area contributed by atoms with E-state index in [1.54, 1.807) is 4.90 Å². The molecule has 0 fully saturated rings. The molecule has 0 aliphatic heterocycles. The summed E-state index contributed by atoms with van der Waals surface area (Å²) in [5.74, 6) is 0.246. The molecule has 0 aliphatic carbocycles. The van der Waals surface area contributed by atoms with Crippen LogP contribution >= 0.6 is 0 Å². The number of carbonyl (C=O) groups is 2. The number of urea groups is 1. The molecule has 0 saturated carbocycles. The molecule has 0 radical (unpaired) electrons. The molecule has 7 heteroatoms. The van der Waals surface area contributed by atoms with Crippen LogP contribution in [-0.2, 0) is 11.2 Å². The van der Waals surface area contributed by atoms with Gasteiger partial charge in [-0.15, -0.1) is 0 Å². The molecule has 0 saturated heterocycles. The molecule has 1 rings (SSSR count). The van der Waals surface area contributed by atoms with Gasteiger partial charge in [-0.1, -0.05) is 44.2 Å². The van der Waals surface area contributed by atoms with E-state index < -0.39 is 6.04 Å². The zero-order valence-electron chi connectivity index (χ0n) is 17.6. The van der Waals surface area contributed by atoms with E-state index in [1.165, 1.54) is 0 Å². The van der Waals surface area contributed by atoms with Crippen molar-refractivity contribution in [1.82, 2.24) is 20.4 Å². The molecule has 0 heterocycles. The van der Waals surface area contributed by atoms with Crippen LogP contribution in [0.1, 0.15) is 25.8 Å². The number of rotatable bonds is 12. The first-order chi connectivity index (χ1) is 13.3. The fraction of sp³-hybridized carbons (Fsp3) is 0.619. The number of nitrogens with zero attached hydrogens (tertiary/aromatic N) is 2. The largest absolute Gasteiger partial charge is 0.395 e. The third-order valence-electron chi connectivity index (χ3n) is 4.39. The highest BCUT2D eigenvalue weighted by Gasteiger charge is 2.24. The summed E-state index contributed by atoms with van der Waals surface area (Å²) in [6.07, 6.45) is 1.25. The van der Waals surface area contributed by atoms with E-state index in [2.05, 4.69) is 24.5 Å². The smallest absolute Gasteiger partial charge is 0.318 e. The van der Waals surface area contributed by atoms with Crippen LogP contribution in [0, 0.1) is 5.92 Å². The van der Waals surface area contributed by atoms with Gasteiger partial charge in [-0.2, -0.15) is 0 Å². The van der Waals surface area contributed by atoms with Gasteiger partial charge < -0.3 is 25.5 Å². The van der Waals surface area contributed by atoms with Crippen LogP contribution in [0.3, 0.4) is 0 Å². The molecule has 1 aromatic carbocycles. The van der Waals surface area contributed by atoms with Crippen LogP contribution < -0.4 is 10.6 Å². The van der Waals surface area contributed by atoms with Gasteiger partial charge >= 0.3 is 6.03 Å². The summed E-state index contributed by atoms with van der Waals surface area (Å²) in [7, 11) is 3.88. The van der Waals surface area contributed by atoms with Crippen molar-refractivity contribution in [2.45, 2.75) is 32.7 Å². The second kappa shape index (κ2) is 13.1. The lowest BCUT2D eigenvalue weighted by molar-refractivity contribution is -0.123. The topological polar surface area (TPSA) is 84.9 Å². The SMILES string of the molecule is CC(C)CCN(CCO)C(=O)N[C@@H](Cc1ccccc1)C(=O)NCCN(C)C. The third-order valence-corrected chi connectivity index (χ3v) is 4.39. The average Bonchev–Trinajstić information content (AvgIpc) is 2.64. The van der Waals surface area contributed by atoms with Crippen molar-refractivity contribution < 1.29 is 14.7 Å². The quantitative estimate of drug-likeness (QED) is 0.501. The Morgan fingerprint density at radius 2 is 1.75 bits per heavy atom. The molecule has 0 spiro atoms. The number of aliphatic hydroxyl groups excluding tert-OH is 1. The van der Waals surface area contributed by atoms with Crippen molar-refractivity contribution in [2.24, 2.45) is 5.92 Å². The Labute approximate surface area is 169 Å². The van der Waals surface area contributed by atoms with Crippen LogP contribution in [0.2, 0.25) is 0 Å². The van der Waals surface area contributed by atoms with Crippen molar-refractivity contribution in [3.63, 3.8) is 0 Å². The summed E-state index contributed by atoms with van der Waals surface area (Å²) in [6.45, 7) is 6.10. The zero-order chi connectivity index (χ0) is 20.9. The van der Waals surface area contributed by atoms with Crippen LogP contribution in [0.15, 0.2) is 30.3 Å². The maximum Gasteiger partial charge on any atom is 0.318 e. The van der Waals surface area contributed by atoms with E-state index in [-0.39, 0.29) is 25.1 Å². The van der Waals surface area contributed by atoms with E-state index >= 15 is 0 Å². The first kappa shape index (κ1) is 23.9. The molecule has 3 amide bonds. The summed E-state index contributed by atoms with van der Waals surface area (Å²) in [5.41, 5.74) is 0.978. The molecule has 158 valence electrons. The summed E-state index contributed by atoms with van der Waals surface area (Å²) in [5, 5.41) is 15.1. The van der Waals surface area contributed by atoms with Gasteiger partial charge in [0.25, 0.3) is 0 Å². The first-order valence-electron chi connectivity index (χ1n) is 9.96. The van der Waals surface area contributed by atoms with Gasteiger partial charge in [0.05, 0.1) is 6.61 Å². The van der Waals surface area contributed by atoms with Crippen molar-refractivity contribution in [2.75, 3.05) is 46.9 Å². The Kier molecular flexibility index (Phi) is 11.2. The maximum absolute atomic E-state index is 12.7. The maximum atomic E-state index is 12.7. The molecule has 0 aromatic heterocycles. The highest BCUT2D eigenvalue weighted by molar-refractivity contribution is 5.87. The van der Waals surface area contributed by atoms with Crippen molar-refractivity contribution >= 4 is 11.9 Å². The molecule has 1 atom stereocenters. The normalized spacial score (nSPS) is 12.1. The second-order valence-corrected chi connectivity index (χ2v) is 7.68. The summed E-state index contributed by atoms with van der Waals surface area (Å²) in [6, 6.07) is 8.64. The number of aliphatic hydroxyl groups is 1. The fourth-order valence-electron chi connectivity index (χ4n) is 2.67.